The van der Waals surface area contributed by atoms with Gasteiger partial charge in [0.15, 0.2) is 0 Å². The van der Waals surface area contributed by atoms with Crippen molar-refractivity contribution >= 4 is 0 Å². The van der Waals surface area contributed by atoms with E-state index in [0.29, 0.717) is 30.0 Å². The number of halogens is 2. The minimum atomic E-state index is -0.499. The SMILES string of the molecule is CC1CN(C)C(C)CC1NCCc1cc(F)cc(F)c1. The Hall–Kier alpha value is -1.00. The first kappa shape index (κ1) is 15.4. The third-order valence-electron chi connectivity index (χ3n) is 4.35. The molecule has 1 aromatic carbocycles. The topological polar surface area (TPSA) is 15.3 Å². The number of hydrogen-bond donors (Lipinski definition) is 1. The van der Waals surface area contributed by atoms with E-state index in [4.69, 9.17) is 0 Å². The van der Waals surface area contributed by atoms with Crippen LogP contribution in [0.1, 0.15) is 25.8 Å². The number of piperidine rings is 1. The van der Waals surface area contributed by atoms with Crippen LogP contribution in [0, 0.1) is 17.6 Å². The number of nitrogens with zero attached hydrogens (tertiary/aromatic N) is 1. The van der Waals surface area contributed by atoms with Crippen molar-refractivity contribution in [1.82, 2.24) is 10.2 Å². The number of benzene rings is 1. The van der Waals surface area contributed by atoms with Crippen molar-refractivity contribution in [2.24, 2.45) is 5.92 Å². The first-order valence-corrected chi connectivity index (χ1v) is 7.34. The molecule has 112 valence electrons. The summed E-state index contributed by atoms with van der Waals surface area (Å²) in [7, 11) is 2.16. The van der Waals surface area contributed by atoms with E-state index < -0.39 is 11.6 Å². The molecule has 0 aliphatic carbocycles. The summed E-state index contributed by atoms with van der Waals surface area (Å²) in [5.41, 5.74) is 0.712. The highest BCUT2D eigenvalue weighted by Crippen LogP contribution is 2.20. The summed E-state index contributed by atoms with van der Waals surface area (Å²) in [6, 6.07) is 4.80. The lowest BCUT2D eigenvalue weighted by Crippen LogP contribution is -2.51. The standard InChI is InChI=1S/C16H24F2N2/c1-11-10-20(3)12(2)6-16(11)19-5-4-13-7-14(17)9-15(18)8-13/h7-9,11-12,16,19H,4-6,10H2,1-3H3. The minimum absolute atomic E-state index is 0.486. The lowest BCUT2D eigenvalue weighted by atomic mass is 9.90. The molecule has 1 heterocycles. The van der Waals surface area contributed by atoms with E-state index in [2.05, 4.69) is 31.1 Å². The molecule has 3 atom stereocenters. The molecular formula is C16H24F2N2. The van der Waals surface area contributed by atoms with Crippen molar-refractivity contribution < 1.29 is 8.78 Å². The van der Waals surface area contributed by atoms with E-state index >= 15 is 0 Å². The predicted octanol–water partition coefficient (Wildman–Crippen LogP) is 2.83. The molecule has 0 spiro atoms. The second-order valence-electron chi connectivity index (χ2n) is 6.09. The van der Waals surface area contributed by atoms with Gasteiger partial charge in [0.05, 0.1) is 0 Å². The molecule has 2 rings (SSSR count). The molecule has 0 radical (unpaired) electrons. The molecule has 0 bridgehead atoms. The van der Waals surface area contributed by atoms with E-state index in [1.54, 1.807) is 0 Å². The number of rotatable bonds is 4. The normalized spacial score (nSPS) is 27.8. The zero-order chi connectivity index (χ0) is 14.7. The molecule has 1 N–H and O–H groups in total. The van der Waals surface area contributed by atoms with Crippen molar-refractivity contribution in [2.45, 2.75) is 38.8 Å². The molecule has 20 heavy (non-hydrogen) atoms. The van der Waals surface area contributed by atoms with Crippen molar-refractivity contribution in [3.05, 3.63) is 35.4 Å². The van der Waals surface area contributed by atoms with Gasteiger partial charge >= 0.3 is 0 Å². The van der Waals surface area contributed by atoms with Crippen LogP contribution in [0.3, 0.4) is 0 Å². The maximum atomic E-state index is 13.1. The van der Waals surface area contributed by atoms with Crippen LogP contribution >= 0.6 is 0 Å². The van der Waals surface area contributed by atoms with E-state index in [0.717, 1.165) is 25.6 Å². The van der Waals surface area contributed by atoms with Crippen LogP contribution in [0.4, 0.5) is 8.78 Å². The Labute approximate surface area is 120 Å². The van der Waals surface area contributed by atoms with Gasteiger partial charge in [0.25, 0.3) is 0 Å². The Morgan fingerprint density at radius 3 is 2.50 bits per heavy atom. The van der Waals surface area contributed by atoms with Gasteiger partial charge in [-0.1, -0.05) is 6.92 Å². The average Bonchev–Trinajstić information content (AvgIpc) is 2.34. The maximum absolute atomic E-state index is 13.1. The number of hydrogen-bond acceptors (Lipinski definition) is 2. The Morgan fingerprint density at radius 2 is 1.85 bits per heavy atom. The minimum Gasteiger partial charge on any atom is -0.313 e. The summed E-state index contributed by atoms with van der Waals surface area (Å²) >= 11 is 0. The first-order valence-electron chi connectivity index (χ1n) is 7.34. The fraction of sp³-hybridized carbons (Fsp3) is 0.625. The maximum Gasteiger partial charge on any atom is 0.126 e. The largest absolute Gasteiger partial charge is 0.313 e. The molecule has 1 saturated heterocycles. The van der Waals surface area contributed by atoms with Gasteiger partial charge < -0.3 is 10.2 Å². The Bertz CT molecular complexity index is 430. The molecule has 0 amide bonds. The van der Waals surface area contributed by atoms with Crippen LogP contribution in [0.2, 0.25) is 0 Å². The van der Waals surface area contributed by atoms with Crippen molar-refractivity contribution in [1.29, 1.82) is 0 Å². The van der Waals surface area contributed by atoms with Gasteiger partial charge in [-0.3, -0.25) is 0 Å². The van der Waals surface area contributed by atoms with Crippen LogP contribution in [-0.4, -0.2) is 37.1 Å². The molecule has 1 fully saturated rings. The zero-order valence-electron chi connectivity index (χ0n) is 12.5. The summed E-state index contributed by atoms with van der Waals surface area (Å²) in [4.78, 5) is 2.38. The summed E-state index contributed by atoms with van der Waals surface area (Å²) < 4.78 is 26.2. The fourth-order valence-corrected chi connectivity index (χ4v) is 2.98. The van der Waals surface area contributed by atoms with Gasteiger partial charge in [-0.15, -0.1) is 0 Å². The molecular weight excluding hydrogens is 258 g/mol. The fourth-order valence-electron chi connectivity index (χ4n) is 2.98. The lowest BCUT2D eigenvalue weighted by Gasteiger charge is -2.40. The smallest absolute Gasteiger partial charge is 0.126 e. The average molecular weight is 282 g/mol. The van der Waals surface area contributed by atoms with Gasteiger partial charge in [-0.25, -0.2) is 8.78 Å². The van der Waals surface area contributed by atoms with Crippen LogP contribution in [0.15, 0.2) is 18.2 Å². The molecule has 1 aromatic rings. The van der Waals surface area contributed by atoms with E-state index in [1.807, 2.05) is 0 Å². The Balaban J connectivity index is 1.83. The summed E-state index contributed by atoms with van der Waals surface area (Å²) in [6.07, 6.45) is 1.78. The lowest BCUT2D eigenvalue weighted by molar-refractivity contribution is 0.122. The molecule has 0 aromatic heterocycles. The quantitative estimate of drug-likeness (QED) is 0.913. The second-order valence-corrected chi connectivity index (χ2v) is 6.09. The van der Waals surface area contributed by atoms with Gasteiger partial charge in [0.1, 0.15) is 11.6 Å². The van der Waals surface area contributed by atoms with Crippen molar-refractivity contribution in [3.8, 4) is 0 Å². The van der Waals surface area contributed by atoms with E-state index in [1.165, 1.54) is 12.1 Å². The second kappa shape index (κ2) is 6.64. The highest BCUT2D eigenvalue weighted by molar-refractivity contribution is 5.18. The van der Waals surface area contributed by atoms with Gasteiger partial charge in [0.2, 0.25) is 0 Å². The highest BCUT2D eigenvalue weighted by atomic mass is 19.1. The summed E-state index contributed by atoms with van der Waals surface area (Å²) in [6.45, 7) is 6.34. The molecule has 2 nitrogen and oxygen atoms in total. The molecule has 4 heteroatoms. The summed E-state index contributed by atoms with van der Waals surface area (Å²) in [5, 5.41) is 3.54. The third kappa shape index (κ3) is 4.00. The van der Waals surface area contributed by atoms with E-state index in [9.17, 15) is 8.78 Å². The monoisotopic (exact) mass is 282 g/mol. The van der Waals surface area contributed by atoms with Gasteiger partial charge in [-0.05, 0) is 57.0 Å². The van der Waals surface area contributed by atoms with Crippen LogP contribution in [0.25, 0.3) is 0 Å². The van der Waals surface area contributed by atoms with Crippen molar-refractivity contribution in [2.75, 3.05) is 20.1 Å². The van der Waals surface area contributed by atoms with Crippen LogP contribution in [-0.2, 0) is 6.42 Å². The highest BCUT2D eigenvalue weighted by Gasteiger charge is 2.28. The zero-order valence-corrected chi connectivity index (χ0v) is 12.5. The first-order chi connectivity index (χ1) is 9.45. The number of likely N-dealkylation sites (tertiary alicyclic amines) is 1. The molecule has 1 aliphatic heterocycles. The van der Waals surface area contributed by atoms with Crippen molar-refractivity contribution in [3.63, 3.8) is 0 Å². The molecule has 1 aliphatic rings. The van der Waals surface area contributed by atoms with Gasteiger partial charge in [0, 0.05) is 24.7 Å². The molecule has 3 unspecified atom stereocenters. The molecule has 0 saturated carbocycles. The third-order valence-corrected chi connectivity index (χ3v) is 4.35. The Kier molecular flexibility index (Phi) is 5.11. The van der Waals surface area contributed by atoms with Crippen LogP contribution in [0.5, 0.6) is 0 Å². The Morgan fingerprint density at radius 1 is 1.20 bits per heavy atom. The van der Waals surface area contributed by atoms with Crippen LogP contribution < -0.4 is 5.32 Å². The van der Waals surface area contributed by atoms with E-state index in [-0.39, 0.29) is 0 Å². The number of nitrogens with one attached hydrogen (secondary N) is 1. The van der Waals surface area contributed by atoms with Gasteiger partial charge in [-0.2, -0.15) is 0 Å². The predicted molar refractivity (Wildman–Crippen MR) is 77.7 cm³/mol. The summed E-state index contributed by atoms with van der Waals surface area (Å²) in [5.74, 6) is -0.400.